The van der Waals surface area contributed by atoms with Gasteiger partial charge in [0.1, 0.15) is 5.75 Å². The van der Waals surface area contributed by atoms with Gasteiger partial charge in [0, 0.05) is 13.6 Å². The van der Waals surface area contributed by atoms with Gasteiger partial charge in [0.05, 0.1) is 6.04 Å². The van der Waals surface area contributed by atoms with Crippen molar-refractivity contribution in [3.63, 3.8) is 0 Å². The van der Waals surface area contributed by atoms with Crippen molar-refractivity contribution in [2.24, 2.45) is 5.73 Å². The second-order valence-corrected chi connectivity index (χ2v) is 4.61. The number of ether oxygens (including phenoxy) is 1. The first kappa shape index (κ1) is 16.4. The van der Waals surface area contributed by atoms with Crippen molar-refractivity contribution in [3.8, 4) is 5.75 Å². The van der Waals surface area contributed by atoms with Crippen molar-refractivity contribution in [2.45, 2.75) is 39.0 Å². The van der Waals surface area contributed by atoms with Gasteiger partial charge in [-0.05, 0) is 24.1 Å². The van der Waals surface area contributed by atoms with E-state index in [0.717, 1.165) is 12.0 Å². The fourth-order valence-corrected chi connectivity index (χ4v) is 1.85. The number of likely N-dealkylation sites (N-methyl/N-ethyl adjacent to an activating group) is 1. The molecule has 0 heterocycles. The van der Waals surface area contributed by atoms with E-state index in [9.17, 15) is 13.6 Å². The normalized spacial score (nSPS) is 12.3. The van der Waals surface area contributed by atoms with Gasteiger partial charge in [-0.25, -0.2) is 0 Å². The molecule has 20 heavy (non-hydrogen) atoms. The average molecular weight is 286 g/mol. The van der Waals surface area contributed by atoms with Crippen LogP contribution in [0.5, 0.6) is 5.75 Å². The largest absolute Gasteiger partial charge is 0.435 e. The Morgan fingerprint density at radius 1 is 1.35 bits per heavy atom. The second kappa shape index (κ2) is 7.79. The summed E-state index contributed by atoms with van der Waals surface area (Å²) in [6, 6.07) is 5.70. The number of nitrogens with two attached hydrogens (primary N) is 1. The first-order chi connectivity index (χ1) is 9.43. The van der Waals surface area contributed by atoms with Crippen molar-refractivity contribution < 1.29 is 18.3 Å². The summed E-state index contributed by atoms with van der Waals surface area (Å²) >= 11 is 0. The summed E-state index contributed by atoms with van der Waals surface area (Å²) < 4.78 is 28.3. The zero-order valence-corrected chi connectivity index (χ0v) is 11.7. The smallest absolute Gasteiger partial charge is 0.387 e. The molecule has 0 aliphatic heterocycles. The van der Waals surface area contributed by atoms with Gasteiger partial charge in [-0.2, -0.15) is 8.78 Å². The van der Waals surface area contributed by atoms with Gasteiger partial charge in [-0.3, -0.25) is 4.79 Å². The van der Waals surface area contributed by atoms with Gasteiger partial charge in [-0.1, -0.05) is 25.5 Å². The molecule has 6 heteroatoms. The Bertz CT molecular complexity index is 424. The number of amides is 1. The SMILES string of the molecule is CCC[C@@H](N)C(=O)N(C)Cc1ccc(OC(F)F)cc1. The van der Waals surface area contributed by atoms with Crippen LogP contribution in [0.4, 0.5) is 8.78 Å². The maximum absolute atomic E-state index is 12.0. The Morgan fingerprint density at radius 2 is 1.95 bits per heavy atom. The van der Waals surface area contributed by atoms with Crippen LogP contribution in [0, 0.1) is 0 Å². The van der Waals surface area contributed by atoms with E-state index in [2.05, 4.69) is 4.74 Å². The molecule has 0 spiro atoms. The van der Waals surface area contributed by atoms with Crippen molar-refractivity contribution in [1.82, 2.24) is 4.90 Å². The molecule has 0 saturated heterocycles. The molecule has 0 fully saturated rings. The molecular weight excluding hydrogens is 266 g/mol. The highest BCUT2D eigenvalue weighted by Crippen LogP contribution is 2.16. The third-order valence-electron chi connectivity index (χ3n) is 2.86. The highest BCUT2D eigenvalue weighted by Gasteiger charge is 2.17. The van der Waals surface area contributed by atoms with E-state index in [0.29, 0.717) is 13.0 Å². The van der Waals surface area contributed by atoms with Crippen LogP contribution in [-0.4, -0.2) is 30.5 Å². The van der Waals surface area contributed by atoms with Crippen molar-refractivity contribution >= 4 is 5.91 Å². The summed E-state index contributed by atoms with van der Waals surface area (Å²) in [4.78, 5) is 13.5. The molecule has 0 bridgehead atoms. The minimum absolute atomic E-state index is 0.0976. The number of hydrogen-bond acceptors (Lipinski definition) is 3. The maximum Gasteiger partial charge on any atom is 0.387 e. The Labute approximate surface area is 117 Å². The monoisotopic (exact) mass is 286 g/mol. The molecule has 1 amide bonds. The number of alkyl halides is 2. The number of carbonyl (C=O) groups is 1. The van der Waals surface area contributed by atoms with Crippen LogP contribution in [0.15, 0.2) is 24.3 Å². The lowest BCUT2D eigenvalue weighted by atomic mass is 10.1. The molecule has 1 rings (SSSR count). The molecule has 0 saturated carbocycles. The van der Waals surface area contributed by atoms with E-state index in [1.807, 2.05) is 6.92 Å². The zero-order chi connectivity index (χ0) is 15.1. The minimum Gasteiger partial charge on any atom is -0.435 e. The van der Waals surface area contributed by atoms with E-state index in [1.54, 1.807) is 19.2 Å². The number of nitrogens with zero attached hydrogens (tertiary/aromatic N) is 1. The molecule has 0 aliphatic carbocycles. The summed E-state index contributed by atoms with van der Waals surface area (Å²) in [5.74, 6) is -0.0276. The lowest BCUT2D eigenvalue weighted by molar-refractivity contribution is -0.132. The topological polar surface area (TPSA) is 55.6 Å². The van der Waals surface area contributed by atoms with Crippen LogP contribution in [-0.2, 0) is 11.3 Å². The van der Waals surface area contributed by atoms with Crippen LogP contribution in [0.2, 0.25) is 0 Å². The van der Waals surface area contributed by atoms with Crippen LogP contribution in [0.1, 0.15) is 25.3 Å². The fourth-order valence-electron chi connectivity index (χ4n) is 1.85. The summed E-state index contributed by atoms with van der Waals surface area (Å²) in [6.45, 7) is -0.489. The van der Waals surface area contributed by atoms with Gasteiger partial charge in [0.2, 0.25) is 5.91 Å². The predicted octanol–water partition coefficient (Wildman–Crippen LogP) is 2.37. The Hall–Kier alpha value is -1.69. The van der Waals surface area contributed by atoms with Gasteiger partial charge < -0.3 is 15.4 Å². The summed E-state index contributed by atoms with van der Waals surface area (Å²) in [5, 5.41) is 0. The number of carbonyl (C=O) groups excluding carboxylic acids is 1. The van der Waals surface area contributed by atoms with E-state index < -0.39 is 12.7 Å². The molecule has 2 N–H and O–H groups in total. The summed E-state index contributed by atoms with van der Waals surface area (Å²) in [5.41, 5.74) is 6.59. The van der Waals surface area contributed by atoms with E-state index >= 15 is 0 Å². The Balaban J connectivity index is 2.57. The van der Waals surface area contributed by atoms with E-state index in [1.165, 1.54) is 17.0 Å². The second-order valence-electron chi connectivity index (χ2n) is 4.61. The average Bonchev–Trinajstić information content (AvgIpc) is 2.39. The minimum atomic E-state index is -2.84. The van der Waals surface area contributed by atoms with Crippen LogP contribution in [0.25, 0.3) is 0 Å². The van der Waals surface area contributed by atoms with E-state index in [4.69, 9.17) is 5.73 Å². The van der Waals surface area contributed by atoms with E-state index in [-0.39, 0.29) is 11.7 Å². The Kier molecular flexibility index (Phi) is 6.38. The molecule has 4 nitrogen and oxygen atoms in total. The molecule has 1 aromatic rings. The Morgan fingerprint density at radius 3 is 2.45 bits per heavy atom. The first-order valence-electron chi connectivity index (χ1n) is 6.48. The van der Waals surface area contributed by atoms with Gasteiger partial charge in [0.25, 0.3) is 0 Å². The van der Waals surface area contributed by atoms with Crippen molar-refractivity contribution in [1.29, 1.82) is 0 Å². The maximum atomic E-state index is 12.0. The highest BCUT2D eigenvalue weighted by atomic mass is 19.3. The zero-order valence-electron chi connectivity index (χ0n) is 11.7. The number of hydrogen-bond donors (Lipinski definition) is 1. The number of benzene rings is 1. The highest BCUT2D eigenvalue weighted by molar-refractivity contribution is 5.81. The number of halogens is 2. The molecule has 0 unspecified atom stereocenters. The fraction of sp³-hybridized carbons (Fsp3) is 0.500. The lowest BCUT2D eigenvalue weighted by Crippen LogP contribution is -2.41. The predicted molar refractivity (Wildman–Crippen MR) is 72.4 cm³/mol. The van der Waals surface area contributed by atoms with Crippen molar-refractivity contribution in [3.05, 3.63) is 29.8 Å². The first-order valence-corrected chi connectivity index (χ1v) is 6.48. The third-order valence-corrected chi connectivity index (χ3v) is 2.86. The molecule has 1 aromatic carbocycles. The lowest BCUT2D eigenvalue weighted by Gasteiger charge is -2.21. The van der Waals surface area contributed by atoms with Gasteiger partial charge in [0.15, 0.2) is 0 Å². The molecule has 1 atom stereocenters. The third kappa shape index (κ3) is 5.13. The van der Waals surface area contributed by atoms with Crippen molar-refractivity contribution in [2.75, 3.05) is 7.05 Å². The molecule has 112 valence electrons. The summed E-state index contributed by atoms with van der Waals surface area (Å²) in [7, 11) is 1.67. The summed E-state index contributed by atoms with van der Waals surface area (Å²) in [6.07, 6.45) is 1.49. The van der Waals surface area contributed by atoms with Gasteiger partial charge >= 0.3 is 6.61 Å². The van der Waals surface area contributed by atoms with Crippen LogP contribution >= 0.6 is 0 Å². The van der Waals surface area contributed by atoms with Gasteiger partial charge in [-0.15, -0.1) is 0 Å². The molecule has 0 radical (unpaired) electrons. The number of rotatable bonds is 7. The molecule has 0 aromatic heterocycles. The molecular formula is C14H20F2N2O2. The van der Waals surface area contributed by atoms with Crippen LogP contribution < -0.4 is 10.5 Å². The quantitative estimate of drug-likeness (QED) is 0.837. The van der Waals surface area contributed by atoms with Crippen LogP contribution in [0.3, 0.4) is 0 Å². The standard InChI is InChI=1S/C14H20F2N2O2/c1-3-4-12(17)13(19)18(2)9-10-5-7-11(8-6-10)20-14(15)16/h5-8,12,14H,3-4,9,17H2,1-2H3/t12-/m1/s1. The molecule has 0 aliphatic rings.